The number of urea groups is 1. The van der Waals surface area contributed by atoms with Crippen LogP contribution < -0.4 is 10.6 Å². The molecule has 0 bridgehead atoms. The van der Waals surface area contributed by atoms with Crippen LogP contribution >= 0.6 is 0 Å². The van der Waals surface area contributed by atoms with Crippen molar-refractivity contribution in [2.45, 2.75) is 32.2 Å². The number of carboxylic acid groups (broad SMARTS) is 1. The molecule has 0 aromatic rings. The molecule has 1 aliphatic rings. The van der Waals surface area contributed by atoms with E-state index < -0.39 is 5.97 Å². The van der Waals surface area contributed by atoms with Crippen LogP contribution in [0.3, 0.4) is 0 Å². The first-order valence-electron chi connectivity index (χ1n) is 5.30. The van der Waals surface area contributed by atoms with Crippen molar-refractivity contribution in [3.8, 4) is 11.8 Å². The van der Waals surface area contributed by atoms with Crippen molar-refractivity contribution in [1.82, 2.24) is 10.6 Å². The maximum Gasteiger partial charge on any atom is 0.315 e. The Morgan fingerprint density at radius 2 is 2.19 bits per heavy atom. The molecular weight excluding hydrogens is 208 g/mol. The third-order valence-electron chi connectivity index (χ3n) is 2.63. The molecule has 88 valence electrons. The van der Waals surface area contributed by atoms with Crippen molar-refractivity contribution in [2.24, 2.45) is 5.92 Å². The molecular formula is C11H16N2O3. The molecule has 5 heteroatoms. The molecule has 0 aromatic carbocycles. The van der Waals surface area contributed by atoms with Crippen molar-refractivity contribution in [2.75, 3.05) is 6.54 Å². The minimum absolute atomic E-state index is 0.0318. The summed E-state index contributed by atoms with van der Waals surface area (Å²) in [4.78, 5) is 22.0. The first-order chi connectivity index (χ1) is 7.63. The molecule has 0 saturated heterocycles. The monoisotopic (exact) mass is 224 g/mol. The van der Waals surface area contributed by atoms with Gasteiger partial charge >= 0.3 is 12.0 Å². The summed E-state index contributed by atoms with van der Waals surface area (Å²) in [5, 5.41) is 14.1. The van der Waals surface area contributed by atoms with Crippen LogP contribution in [-0.4, -0.2) is 29.7 Å². The SMILES string of the molecule is CC#CCNC(=O)NC1CCC(C(=O)O)C1. The van der Waals surface area contributed by atoms with Crippen LogP contribution in [0.5, 0.6) is 0 Å². The van der Waals surface area contributed by atoms with Crippen molar-refractivity contribution in [3.05, 3.63) is 0 Å². The van der Waals surface area contributed by atoms with Crippen molar-refractivity contribution in [1.29, 1.82) is 0 Å². The lowest BCUT2D eigenvalue weighted by Gasteiger charge is -2.12. The maximum atomic E-state index is 11.3. The second kappa shape index (κ2) is 6.01. The summed E-state index contributed by atoms with van der Waals surface area (Å²) in [7, 11) is 0. The fourth-order valence-electron chi connectivity index (χ4n) is 1.79. The van der Waals surface area contributed by atoms with E-state index in [0.717, 1.165) is 6.42 Å². The Kier molecular flexibility index (Phi) is 4.65. The van der Waals surface area contributed by atoms with Gasteiger partial charge in [0.1, 0.15) is 0 Å². The molecule has 0 radical (unpaired) electrons. The van der Waals surface area contributed by atoms with Gasteiger partial charge in [0, 0.05) is 6.04 Å². The Morgan fingerprint density at radius 1 is 1.44 bits per heavy atom. The third-order valence-corrected chi connectivity index (χ3v) is 2.63. The zero-order valence-electron chi connectivity index (χ0n) is 9.25. The lowest BCUT2D eigenvalue weighted by Crippen LogP contribution is -2.41. The van der Waals surface area contributed by atoms with E-state index in [1.54, 1.807) is 6.92 Å². The predicted molar refractivity (Wildman–Crippen MR) is 58.7 cm³/mol. The van der Waals surface area contributed by atoms with E-state index in [2.05, 4.69) is 22.5 Å². The summed E-state index contributed by atoms with van der Waals surface area (Å²) in [6.07, 6.45) is 1.88. The number of carbonyl (C=O) groups excluding carboxylic acids is 1. The number of amides is 2. The molecule has 1 aliphatic carbocycles. The fraction of sp³-hybridized carbons (Fsp3) is 0.636. The summed E-state index contributed by atoms with van der Waals surface area (Å²) in [5.41, 5.74) is 0. The summed E-state index contributed by atoms with van der Waals surface area (Å²) in [6, 6.07) is -0.311. The molecule has 2 unspecified atom stereocenters. The summed E-state index contributed by atoms with van der Waals surface area (Å²) < 4.78 is 0. The van der Waals surface area contributed by atoms with Crippen LogP contribution in [-0.2, 0) is 4.79 Å². The predicted octanol–water partition coefficient (Wildman–Crippen LogP) is 0.562. The molecule has 0 aromatic heterocycles. The highest BCUT2D eigenvalue weighted by molar-refractivity contribution is 5.75. The molecule has 2 atom stereocenters. The average molecular weight is 224 g/mol. The Balaban J connectivity index is 2.25. The number of hydrogen-bond donors (Lipinski definition) is 3. The number of carbonyl (C=O) groups is 2. The third kappa shape index (κ3) is 3.81. The van der Waals surface area contributed by atoms with E-state index in [0.29, 0.717) is 19.4 Å². The largest absolute Gasteiger partial charge is 0.481 e. The van der Waals surface area contributed by atoms with Crippen molar-refractivity contribution >= 4 is 12.0 Å². The van der Waals surface area contributed by atoms with Gasteiger partial charge in [0.2, 0.25) is 0 Å². The molecule has 0 aliphatic heterocycles. The maximum absolute atomic E-state index is 11.3. The zero-order valence-corrected chi connectivity index (χ0v) is 9.25. The topological polar surface area (TPSA) is 78.4 Å². The number of nitrogens with one attached hydrogen (secondary N) is 2. The van der Waals surface area contributed by atoms with Crippen molar-refractivity contribution in [3.63, 3.8) is 0 Å². The first-order valence-corrected chi connectivity index (χ1v) is 5.30. The molecule has 1 rings (SSSR count). The molecule has 2 amide bonds. The van der Waals surface area contributed by atoms with E-state index >= 15 is 0 Å². The second-order valence-electron chi connectivity index (χ2n) is 3.80. The van der Waals surface area contributed by atoms with Crippen LogP contribution in [0.1, 0.15) is 26.2 Å². The van der Waals surface area contributed by atoms with Gasteiger partial charge in [-0.1, -0.05) is 5.92 Å². The lowest BCUT2D eigenvalue weighted by atomic mass is 10.1. The highest BCUT2D eigenvalue weighted by Crippen LogP contribution is 2.25. The van der Waals surface area contributed by atoms with E-state index in [1.807, 2.05) is 0 Å². The molecule has 16 heavy (non-hydrogen) atoms. The summed E-state index contributed by atoms with van der Waals surface area (Å²) in [6.45, 7) is 2.02. The van der Waals surface area contributed by atoms with E-state index in [-0.39, 0.29) is 18.0 Å². The minimum atomic E-state index is -0.776. The van der Waals surface area contributed by atoms with Crippen LogP contribution in [0, 0.1) is 17.8 Å². The van der Waals surface area contributed by atoms with Crippen LogP contribution in [0.15, 0.2) is 0 Å². The smallest absolute Gasteiger partial charge is 0.315 e. The number of aliphatic carboxylic acids is 1. The molecule has 0 heterocycles. The van der Waals surface area contributed by atoms with Crippen LogP contribution in [0.25, 0.3) is 0 Å². The fourth-order valence-corrected chi connectivity index (χ4v) is 1.79. The van der Waals surface area contributed by atoms with E-state index in [4.69, 9.17) is 5.11 Å². The highest BCUT2D eigenvalue weighted by atomic mass is 16.4. The van der Waals surface area contributed by atoms with Gasteiger partial charge in [-0.3, -0.25) is 4.79 Å². The standard InChI is InChI=1S/C11H16N2O3/c1-2-3-6-12-11(16)13-9-5-4-8(7-9)10(14)15/h8-9H,4-7H2,1H3,(H,14,15)(H2,12,13,16). The number of carboxylic acids is 1. The Hall–Kier alpha value is -1.70. The van der Waals surface area contributed by atoms with Gasteiger partial charge in [0.25, 0.3) is 0 Å². The van der Waals surface area contributed by atoms with Crippen molar-refractivity contribution < 1.29 is 14.7 Å². The average Bonchev–Trinajstić information content (AvgIpc) is 2.66. The molecule has 1 fully saturated rings. The quantitative estimate of drug-likeness (QED) is 0.613. The Bertz CT molecular complexity index is 330. The Morgan fingerprint density at radius 3 is 2.75 bits per heavy atom. The molecule has 3 N–H and O–H groups in total. The molecule has 1 saturated carbocycles. The summed E-state index contributed by atoms with van der Waals surface area (Å²) >= 11 is 0. The Labute approximate surface area is 94.6 Å². The lowest BCUT2D eigenvalue weighted by molar-refractivity contribution is -0.141. The zero-order chi connectivity index (χ0) is 12.0. The van der Waals surface area contributed by atoms with Crippen LogP contribution in [0.2, 0.25) is 0 Å². The molecule has 5 nitrogen and oxygen atoms in total. The van der Waals surface area contributed by atoms with E-state index in [9.17, 15) is 9.59 Å². The molecule has 0 spiro atoms. The normalized spacial score (nSPS) is 23.1. The van der Waals surface area contributed by atoms with Gasteiger partial charge < -0.3 is 15.7 Å². The van der Waals surface area contributed by atoms with Gasteiger partial charge in [-0.15, -0.1) is 5.92 Å². The van der Waals surface area contributed by atoms with Gasteiger partial charge in [0.05, 0.1) is 12.5 Å². The minimum Gasteiger partial charge on any atom is -0.481 e. The second-order valence-corrected chi connectivity index (χ2v) is 3.80. The van der Waals surface area contributed by atoms with E-state index in [1.165, 1.54) is 0 Å². The first kappa shape index (κ1) is 12.4. The van der Waals surface area contributed by atoms with Crippen LogP contribution in [0.4, 0.5) is 4.79 Å². The summed E-state index contributed by atoms with van der Waals surface area (Å²) in [5.74, 6) is 4.29. The van der Waals surface area contributed by atoms with Gasteiger partial charge in [0.15, 0.2) is 0 Å². The number of rotatable bonds is 3. The number of hydrogen-bond acceptors (Lipinski definition) is 2. The van der Waals surface area contributed by atoms with Gasteiger partial charge in [-0.25, -0.2) is 4.79 Å². The van der Waals surface area contributed by atoms with Gasteiger partial charge in [-0.05, 0) is 26.2 Å². The highest BCUT2D eigenvalue weighted by Gasteiger charge is 2.30. The van der Waals surface area contributed by atoms with Gasteiger partial charge in [-0.2, -0.15) is 0 Å².